The molecular formula is C16H17N3O4S2. The molecule has 0 spiro atoms. The molecule has 2 aromatic rings. The number of carboxylic acid groups (broad SMARTS) is 1. The van der Waals surface area contributed by atoms with Crippen molar-refractivity contribution in [2.45, 2.75) is 24.7 Å². The fourth-order valence-electron chi connectivity index (χ4n) is 1.82. The summed E-state index contributed by atoms with van der Waals surface area (Å²) in [4.78, 5) is 39.0. The zero-order valence-corrected chi connectivity index (χ0v) is 15.1. The lowest BCUT2D eigenvalue weighted by Crippen LogP contribution is -2.14. The number of thioether (sulfide) groups is 1. The average Bonchev–Trinajstić information content (AvgIpc) is 2.96. The van der Waals surface area contributed by atoms with E-state index in [9.17, 15) is 14.4 Å². The Morgan fingerprint density at radius 3 is 2.68 bits per heavy atom. The van der Waals surface area contributed by atoms with Gasteiger partial charge in [0, 0.05) is 22.4 Å². The number of aryl methyl sites for hydroxylation is 1. The molecular weight excluding hydrogens is 362 g/mol. The number of carbonyl (C=O) groups is 3. The van der Waals surface area contributed by atoms with Crippen molar-refractivity contribution < 1.29 is 19.5 Å². The third-order valence-corrected chi connectivity index (χ3v) is 4.79. The number of aromatic nitrogens is 1. The molecule has 1 heterocycles. The first-order valence-corrected chi connectivity index (χ1v) is 9.25. The fourth-order valence-corrected chi connectivity index (χ4v) is 3.28. The van der Waals surface area contributed by atoms with Gasteiger partial charge in [0.15, 0.2) is 5.13 Å². The van der Waals surface area contributed by atoms with Gasteiger partial charge in [0.25, 0.3) is 0 Å². The summed E-state index contributed by atoms with van der Waals surface area (Å²) in [7, 11) is 0. The molecule has 0 aliphatic heterocycles. The lowest BCUT2D eigenvalue weighted by molar-refractivity contribution is -0.138. The summed E-state index contributed by atoms with van der Waals surface area (Å²) < 4.78 is 0. The van der Waals surface area contributed by atoms with Gasteiger partial charge in [-0.3, -0.25) is 14.4 Å². The van der Waals surface area contributed by atoms with Gasteiger partial charge in [-0.05, 0) is 25.1 Å². The Hall–Kier alpha value is -2.39. The average molecular weight is 379 g/mol. The van der Waals surface area contributed by atoms with Gasteiger partial charge in [0.2, 0.25) is 11.8 Å². The molecule has 2 amide bonds. The molecule has 0 unspecified atom stereocenters. The van der Waals surface area contributed by atoms with Gasteiger partial charge in [-0.15, -0.1) is 23.1 Å². The Morgan fingerprint density at radius 1 is 1.20 bits per heavy atom. The second-order valence-electron chi connectivity index (χ2n) is 5.10. The van der Waals surface area contributed by atoms with Crippen molar-refractivity contribution in [3.8, 4) is 0 Å². The van der Waals surface area contributed by atoms with Crippen molar-refractivity contribution >= 4 is 51.7 Å². The summed E-state index contributed by atoms with van der Waals surface area (Å²) in [6.45, 7) is 1.86. The summed E-state index contributed by atoms with van der Waals surface area (Å²) in [5.74, 6) is -1.31. The van der Waals surface area contributed by atoms with Gasteiger partial charge in [-0.2, -0.15) is 0 Å². The third-order valence-electron chi connectivity index (χ3n) is 2.92. The molecule has 1 aromatic carbocycles. The number of hydrogen-bond acceptors (Lipinski definition) is 6. The summed E-state index contributed by atoms with van der Waals surface area (Å²) in [6.07, 6.45) is -0.293. The van der Waals surface area contributed by atoms with Crippen LogP contribution in [0.2, 0.25) is 0 Å². The van der Waals surface area contributed by atoms with Crippen LogP contribution in [0.3, 0.4) is 0 Å². The van der Waals surface area contributed by atoms with Crippen molar-refractivity contribution in [1.82, 2.24) is 4.98 Å². The molecule has 132 valence electrons. The number of hydrogen-bond donors (Lipinski definition) is 3. The smallest absolute Gasteiger partial charge is 0.303 e. The van der Waals surface area contributed by atoms with Gasteiger partial charge < -0.3 is 15.7 Å². The van der Waals surface area contributed by atoms with Gasteiger partial charge in [0.05, 0.1) is 17.9 Å². The van der Waals surface area contributed by atoms with Gasteiger partial charge in [-0.25, -0.2) is 4.98 Å². The first-order valence-electron chi connectivity index (χ1n) is 7.39. The Morgan fingerprint density at radius 2 is 2.00 bits per heavy atom. The van der Waals surface area contributed by atoms with Crippen molar-refractivity contribution in [3.63, 3.8) is 0 Å². The highest BCUT2D eigenvalue weighted by molar-refractivity contribution is 8.00. The second kappa shape index (κ2) is 9.19. The number of carbonyl (C=O) groups excluding carboxylic acids is 2. The molecule has 1 aromatic heterocycles. The zero-order valence-electron chi connectivity index (χ0n) is 13.4. The molecule has 0 aliphatic rings. The summed E-state index contributed by atoms with van der Waals surface area (Å²) in [5, 5.41) is 16.4. The summed E-state index contributed by atoms with van der Waals surface area (Å²) in [5.41, 5.74) is 1.43. The highest BCUT2D eigenvalue weighted by Gasteiger charge is 2.08. The van der Waals surface area contributed by atoms with Crippen LogP contribution in [-0.4, -0.2) is 33.6 Å². The van der Waals surface area contributed by atoms with E-state index in [1.54, 1.807) is 18.2 Å². The van der Waals surface area contributed by atoms with Crippen LogP contribution in [0.4, 0.5) is 10.8 Å². The van der Waals surface area contributed by atoms with Crippen molar-refractivity contribution in [2.75, 3.05) is 16.4 Å². The lowest BCUT2D eigenvalue weighted by Gasteiger charge is -2.07. The molecule has 0 radical (unpaired) electrons. The highest BCUT2D eigenvalue weighted by Crippen LogP contribution is 2.22. The van der Waals surface area contributed by atoms with E-state index >= 15 is 0 Å². The first-order chi connectivity index (χ1) is 11.9. The molecule has 3 N–H and O–H groups in total. The van der Waals surface area contributed by atoms with Crippen molar-refractivity contribution in [1.29, 1.82) is 0 Å². The molecule has 0 aliphatic carbocycles. The number of benzene rings is 1. The van der Waals surface area contributed by atoms with Crippen LogP contribution < -0.4 is 10.6 Å². The maximum Gasteiger partial charge on any atom is 0.303 e. The molecule has 0 fully saturated rings. The van der Waals surface area contributed by atoms with Crippen LogP contribution in [-0.2, 0) is 14.4 Å². The molecule has 7 nitrogen and oxygen atoms in total. The van der Waals surface area contributed by atoms with Crippen LogP contribution in [0.25, 0.3) is 0 Å². The summed E-state index contributed by atoms with van der Waals surface area (Å²) >= 11 is 2.71. The maximum absolute atomic E-state index is 11.9. The molecule has 0 saturated heterocycles. The number of rotatable bonds is 8. The number of nitrogens with zero attached hydrogens (tertiary/aromatic N) is 1. The Labute approximate surface area is 152 Å². The molecule has 0 atom stereocenters. The van der Waals surface area contributed by atoms with E-state index in [1.165, 1.54) is 23.1 Å². The van der Waals surface area contributed by atoms with Crippen LogP contribution >= 0.6 is 23.1 Å². The quantitative estimate of drug-likeness (QED) is 0.609. The minimum Gasteiger partial charge on any atom is -0.481 e. The van der Waals surface area contributed by atoms with Crippen molar-refractivity contribution in [2.24, 2.45) is 0 Å². The van der Waals surface area contributed by atoms with Gasteiger partial charge in [0.1, 0.15) is 0 Å². The SMILES string of the molecule is Cc1csc(NC(=O)CSc2cccc(NC(=O)CCC(=O)O)c2)n1. The van der Waals surface area contributed by atoms with E-state index in [0.717, 1.165) is 10.6 Å². The molecule has 2 rings (SSSR count). The Kier molecular flexibility index (Phi) is 6.96. The Balaban J connectivity index is 1.83. The molecule has 0 bridgehead atoms. The predicted octanol–water partition coefficient (Wildman–Crippen LogP) is 2.99. The minimum absolute atomic E-state index is 0.0810. The monoisotopic (exact) mass is 379 g/mol. The molecule has 9 heteroatoms. The standard InChI is InChI=1S/C16H17N3O4S2/c1-10-8-25-16(17-10)19-14(21)9-24-12-4-2-3-11(7-12)18-13(20)5-6-15(22)23/h2-4,7-8H,5-6,9H2,1H3,(H,18,20)(H,22,23)(H,17,19,21). The predicted molar refractivity (Wildman–Crippen MR) is 98.1 cm³/mol. The van der Waals surface area contributed by atoms with E-state index in [4.69, 9.17) is 5.11 Å². The molecule has 0 saturated carbocycles. The first kappa shape index (κ1) is 18.9. The third kappa shape index (κ3) is 6.94. The number of carboxylic acids is 1. The minimum atomic E-state index is -1.01. The van der Waals surface area contributed by atoms with Crippen LogP contribution in [0.5, 0.6) is 0 Å². The number of nitrogens with one attached hydrogen (secondary N) is 2. The van der Waals surface area contributed by atoms with E-state index in [0.29, 0.717) is 10.8 Å². The van der Waals surface area contributed by atoms with Crippen LogP contribution in [0.15, 0.2) is 34.5 Å². The normalized spacial score (nSPS) is 10.3. The number of anilines is 2. The molecule has 25 heavy (non-hydrogen) atoms. The van der Waals surface area contributed by atoms with E-state index < -0.39 is 5.97 Å². The zero-order chi connectivity index (χ0) is 18.2. The number of aliphatic carboxylic acids is 1. The second-order valence-corrected chi connectivity index (χ2v) is 7.01. The highest BCUT2D eigenvalue weighted by atomic mass is 32.2. The van der Waals surface area contributed by atoms with E-state index in [2.05, 4.69) is 15.6 Å². The van der Waals surface area contributed by atoms with Crippen LogP contribution in [0.1, 0.15) is 18.5 Å². The maximum atomic E-state index is 11.9. The largest absolute Gasteiger partial charge is 0.481 e. The summed E-state index contributed by atoms with van der Waals surface area (Å²) in [6, 6.07) is 7.04. The fraction of sp³-hybridized carbons (Fsp3) is 0.250. The van der Waals surface area contributed by atoms with E-state index in [-0.39, 0.29) is 30.4 Å². The van der Waals surface area contributed by atoms with E-state index in [1.807, 2.05) is 18.4 Å². The Bertz CT molecular complexity index is 776. The van der Waals surface area contributed by atoms with Gasteiger partial charge >= 0.3 is 5.97 Å². The number of thiazole rings is 1. The van der Waals surface area contributed by atoms with Gasteiger partial charge in [-0.1, -0.05) is 6.07 Å². The van der Waals surface area contributed by atoms with Crippen LogP contribution in [0, 0.1) is 6.92 Å². The lowest BCUT2D eigenvalue weighted by atomic mass is 10.2. The van der Waals surface area contributed by atoms with Crippen molar-refractivity contribution in [3.05, 3.63) is 35.3 Å². The topological polar surface area (TPSA) is 108 Å². The number of amides is 2.